The lowest BCUT2D eigenvalue weighted by atomic mass is 10.2. The van der Waals surface area contributed by atoms with E-state index in [-0.39, 0.29) is 23.9 Å². The van der Waals surface area contributed by atoms with Crippen LogP contribution in [0.5, 0.6) is 0 Å². The molecule has 0 saturated heterocycles. The van der Waals surface area contributed by atoms with E-state index in [1.807, 2.05) is 49.2 Å². The van der Waals surface area contributed by atoms with Gasteiger partial charge in [0.15, 0.2) is 5.69 Å². The number of carbonyl (C=O) groups excluding carboxylic acids is 1. The number of amides is 1. The van der Waals surface area contributed by atoms with Crippen molar-refractivity contribution in [3.63, 3.8) is 0 Å². The first-order chi connectivity index (χ1) is 15.0. The van der Waals surface area contributed by atoms with Gasteiger partial charge in [-0.2, -0.15) is 9.78 Å². The minimum Gasteiger partial charge on any atom is -0.460 e. The van der Waals surface area contributed by atoms with Gasteiger partial charge in [0.1, 0.15) is 11.5 Å². The van der Waals surface area contributed by atoms with Crippen LogP contribution in [0.2, 0.25) is 0 Å². The van der Waals surface area contributed by atoms with Crippen molar-refractivity contribution in [3.8, 4) is 5.82 Å². The Balaban J connectivity index is 1.62. The van der Waals surface area contributed by atoms with Crippen molar-refractivity contribution in [1.82, 2.24) is 30.7 Å². The minimum absolute atomic E-state index is 0.0201. The fraction of sp³-hybridized carbons (Fsp3) is 0.158. The molecule has 3 N–H and O–H groups in total. The summed E-state index contributed by atoms with van der Waals surface area (Å²) in [4.78, 5) is 14.7. The van der Waals surface area contributed by atoms with Gasteiger partial charge in [-0.25, -0.2) is 10.1 Å². The fourth-order valence-electron chi connectivity index (χ4n) is 2.86. The molecule has 12 heteroatoms. The summed E-state index contributed by atoms with van der Waals surface area (Å²) >= 11 is 0. The zero-order valence-corrected chi connectivity index (χ0v) is 16.8. The minimum atomic E-state index is -0.558. The predicted octanol–water partition coefficient (Wildman–Crippen LogP) is 1.53. The quantitative estimate of drug-likeness (QED) is 0.334. The summed E-state index contributed by atoms with van der Waals surface area (Å²) in [6, 6.07) is 13.2. The van der Waals surface area contributed by atoms with Crippen LogP contribution in [0, 0.1) is 6.92 Å². The second-order valence-corrected chi connectivity index (χ2v) is 6.61. The summed E-state index contributed by atoms with van der Waals surface area (Å²) < 4.78 is 11.4. The van der Waals surface area contributed by atoms with E-state index in [1.165, 1.54) is 10.9 Å². The molecule has 31 heavy (non-hydrogen) atoms. The number of anilines is 2. The molecule has 0 unspecified atom stereocenters. The number of nitrogen functional groups attached to an aromatic ring is 1. The standard InChI is InChI=1S/C19H19N9O3/c1-12-8-9-14(30-12)10-21-23-19(29)16-15(11-27(2)13-6-4-3-5-7-13)28(26-22-16)18-17(20)24-31-25-18/h3-10H,11H2,1-2H3,(H2,20,24)(H,23,29). The van der Waals surface area contributed by atoms with Gasteiger partial charge in [-0.3, -0.25) is 4.79 Å². The maximum atomic E-state index is 12.8. The number of carbonyl (C=O) groups is 1. The Hall–Kier alpha value is -4.48. The molecule has 3 heterocycles. The van der Waals surface area contributed by atoms with Crippen LogP contribution in [0.25, 0.3) is 5.82 Å². The van der Waals surface area contributed by atoms with Crippen LogP contribution in [-0.4, -0.2) is 44.5 Å². The lowest BCUT2D eigenvalue weighted by molar-refractivity contribution is 0.0949. The van der Waals surface area contributed by atoms with E-state index in [0.29, 0.717) is 11.5 Å². The molecule has 3 aromatic heterocycles. The molecule has 0 atom stereocenters. The third kappa shape index (κ3) is 4.27. The number of hydrazone groups is 1. The third-order valence-electron chi connectivity index (χ3n) is 4.38. The van der Waals surface area contributed by atoms with Crippen molar-refractivity contribution in [1.29, 1.82) is 0 Å². The van der Waals surface area contributed by atoms with Crippen molar-refractivity contribution < 1.29 is 13.8 Å². The molecule has 0 spiro atoms. The smallest absolute Gasteiger partial charge is 0.293 e. The third-order valence-corrected chi connectivity index (χ3v) is 4.38. The van der Waals surface area contributed by atoms with Crippen LogP contribution < -0.4 is 16.1 Å². The number of para-hydroxylation sites is 1. The first kappa shape index (κ1) is 19.8. The Kier molecular flexibility index (Phi) is 5.43. The number of aryl methyl sites for hydroxylation is 1. The Morgan fingerprint density at radius 1 is 1.26 bits per heavy atom. The highest BCUT2D eigenvalue weighted by Gasteiger charge is 2.25. The summed E-state index contributed by atoms with van der Waals surface area (Å²) in [6.07, 6.45) is 1.39. The highest BCUT2D eigenvalue weighted by Crippen LogP contribution is 2.20. The van der Waals surface area contributed by atoms with Crippen molar-refractivity contribution in [3.05, 3.63) is 65.4 Å². The molecule has 0 saturated carbocycles. The van der Waals surface area contributed by atoms with Crippen molar-refractivity contribution in [2.75, 3.05) is 17.7 Å². The van der Waals surface area contributed by atoms with Gasteiger partial charge in [-0.05, 0) is 41.5 Å². The zero-order chi connectivity index (χ0) is 21.8. The van der Waals surface area contributed by atoms with Crippen molar-refractivity contribution >= 4 is 23.6 Å². The number of hydrogen-bond donors (Lipinski definition) is 2. The topological polar surface area (TPSA) is 153 Å². The number of nitrogens with zero attached hydrogens (tertiary/aromatic N) is 7. The van der Waals surface area contributed by atoms with Crippen LogP contribution >= 0.6 is 0 Å². The first-order valence-electron chi connectivity index (χ1n) is 9.22. The molecule has 0 radical (unpaired) electrons. The van der Waals surface area contributed by atoms with E-state index >= 15 is 0 Å². The van der Waals surface area contributed by atoms with E-state index in [1.54, 1.807) is 12.1 Å². The number of benzene rings is 1. The molecule has 0 fully saturated rings. The van der Waals surface area contributed by atoms with Gasteiger partial charge in [-0.15, -0.1) is 5.10 Å². The van der Waals surface area contributed by atoms with Gasteiger partial charge in [0.25, 0.3) is 5.91 Å². The number of nitrogens with two attached hydrogens (primary N) is 1. The van der Waals surface area contributed by atoms with Crippen LogP contribution in [0.4, 0.5) is 11.5 Å². The van der Waals surface area contributed by atoms with Gasteiger partial charge < -0.3 is 15.1 Å². The van der Waals surface area contributed by atoms with Gasteiger partial charge >= 0.3 is 0 Å². The molecular formula is C19H19N9O3. The van der Waals surface area contributed by atoms with E-state index in [2.05, 4.69) is 35.8 Å². The van der Waals surface area contributed by atoms with Crippen LogP contribution in [0.15, 0.2) is 56.6 Å². The average molecular weight is 421 g/mol. The number of hydrogen-bond acceptors (Lipinski definition) is 10. The van der Waals surface area contributed by atoms with Crippen LogP contribution in [0.3, 0.4) is 0 Å². The van der Waals surface area contributed by atoms with Crippen molar-refractivity contribution in [2.45, 2.75) is 13.5 Å². The fourth-order valence-corrected chi connectivity index (χ4v) is 2.86. The van der Waals surface area contributed by atoms with Gasteiger partial charge in [0.2, 0.25) is 11.6 Å². The first-order valence-corrected chi connectivity index (χ1v) is 9.22. The van der Waals surface area contributed by atoms with Crippen LogP contribution in [-0.2, 0) is 6.54 Å². The van der Waals surface area contributed by atoms with Crippen LogP contribution in [0.1, 0.15) is 27.7 Å². The van der Waals surface area contributed by atoms with Gasteiger partial charge in [-0.1, -0.05) is 23.4 Å². The Morgan fingerprint density at radius 2 is 2.06 bits per heavy atom. The monoisotopic (exact) mass is 421 g/mol. The van der Waals surface area contributed by atoms with E-state index in [4.69, 9.17) is 10.2 Å². The second-order valence-electron chi connectivity index (χ2n) is 6.61. The number of aromatic nitrogens is 5. The lowest BCUT2D eigenvalue weighted by Crippen LogP contribution is -2.24. The molecule has 1 aromatic carbocycles. The summed E-state index contributed by atoms with van der Waals surface area (Å²) in [5, 5.41) is 19.3. The molecule has 4 rings (SSSR count). The largest absolute Gasteiger partial charge is 0.460 e. The maximum Gasteiger partial charge on any atom is 0.293 e. The number of furan rings is 1. The maximum absolute atomic E-state index is 12.8. The SMILES string of the molecule is Cc1ccc(C=NNC(=O)c2nnn(-c3nonc3N)c2CN(C)c2ccccc2)o1. The summed E-state index contributed by atoms with van der Waals surface area (Å²) in [7, 11) is 1.87. The Labute approximate surface area is 176 Å². The molecule has 0 aliphatic rings. The van der Waals surface area contributed by atoms with Crippen molar-refractivity contribution in [2.24, 2.45) is 5.10 Å². The summed E-state index contributed by atoms with van der Waals surface area (Å²) in [5.41, 5.74) is 9.65. The molecule has 12 nitrogen and oxygen atoms in total. The molecule has 0 bridgehead atoms. The van der Waals surface area contributed by atoms with Gasteiger partial charge in [0, 0.05) is 12.7 Å². The highest BCUT2D eigenvalue weighted by atomic mass is 16.6. The Morgan fingerprint density at radius 3 is 2.74 bits per heavy atom. The normalized spacial score (nSPS) is 11.2. The van der Waals surface area contributed by atoms with E-state index in [9.17, 15) is 4.79 Å². The lowest BCUT2D eigenvalue weighted by Gasteiger charge is -2.19. The van der Waals surface area contributed by atoms with E-state index in [0.717, 1.165) is 11.4 Å². The molecular weight excluding hydrogens is 402 g/mol. The molecule has 1 amide bonds. The molecule has 158 valence electrons. The number of nitrogens with one attached hydrogen (secondary N) is 1. The molecule has 0 aliphatic carbocycles. The predicted molar refractivity (Wildman–Crippen MR) is 111 cm³/mol. The molecule has 0 aliphatic heterocycles. The van der Waals surface area contributed by atoms with Gasteiger partial charge in [0.05, 0.1) is 18.5 Å². The highest BCUT2D eigenvalue weighted by molar-refractivity contribution is 5.94. The Bertz CT molecular complexity index is 1210. The van der Waals surface area contributed by atoms with E-state index < -0.39 is 5.91 Å². The summed E-state index contributed by atoms with van der Waals surface area (Å²) in [5.74, 6) is 0.842. The zero-order valence-electron chi connectivity index (χ0n) is 16.8. The average Bonchev–Trinajstić information content (AvgIpc) is 3.48. The summed E-state index contributed by atoms with van der Waals surface area (Å²) in [6.45, 7) is 2.08. The number of rotatable bonds is 7. The second kappa shape index (κ2) is 8.49. The molecule has 4 aromatic rings.